The smallest absolute Gasteiger partial charge is 0.252 e. The molecule has 1 aromatic heterocycles. The summed E-state index contributed by atoms with van der Waals surface area (Å²) < 4.78 is 26.9. The Morgan fingerprint density at radius 2 is 2.00 bits per heavy atom. The van der Waals surface area contributed by atoms with Gasteiger partial charge in [0.05, 0.1) is 10.7 Å². The van der Waals surface area contributed by atoms with Crippen LogP contribution in [-0.2, 0) is 10.0 Å². The van der Waals surface area contributed by atoms with Gasteiger partial charge in [0.2, 0.25) is 0 Å². The van der Waals surface area contributed by atoms with E-state index >= 15 is 0 Å². The second kappa shape index (κ2) is 4.40. The number of rotatable bonds is 4. The molecule has 0 bridgehead atoms. The number of sulfonamides is 1. The number of thiazole rings is 1. The van der Waals surface area contributed by atoms with E-state index in [2.05, 4.69) is 9.71 Å². The van der Waals surface area contributed by atoms with Gasteiger partial charge in [-0.2, -0.15) is 0 Å². The fourth-order valence-corrected chi connectivity index (χ4v) is 4.12. The van der Waals surface area contributed by atoms with E-state index in [1.165, 1.54) is 11.3 Å². The summed E-state index contributed by atoms with van der Waals surface area (Å²) in [5.41, 5.74) is 5.38. The third-order valence-corrected chi connectivity index (χ3v) is 5.41. The maximum Gasteiger partial charge on any atom is 0.252 e. The van der Waals surface area contributed by atoms with Crippen LogP contribution in [0.2, 0.25) is 0 Å². The summed E-state index contributed by atoms with van der Waals surface area (Å²) in [6.45, 7) is 7.20. The standard InChI is InChI=1S/C9H17N3O2S2/c1-6-8(15-7(2)11-6)16(13,14)12-9(3,4)5-10/h12H,5,10H2,1-4H3. The Kier molecular flexibility index (Phi) is 3.73. The van der Waals surface area contributed by atoms with Gasteiger partial charge in [-0.25, -0.2) is 18.1 Å². The summed E-state index contributed by atoms with van der Waals surface area (Å²) in [4.78, 5) is 4.10. The highest BCUT2D eigenvalue weighted by Gasteiger charge is 2.28. The van der Waals surface area contributed by atoms with Crippen molar-refractivity contribution < 1.29 is 8.42 Å². The zero-order valence-corrected chi connectivity index (χ0v) is 11.5. The van der Waals surface area contributed by atoms with Crippen molar-refractivity contribution in [3.8, 4) is 0 Å². The summed E-state index contributed by atoms with van der Waals surface area (Å²) in [6.07, 6.45) is 0. The Balaban J connectivity index is 3.09. The molecule has 16 heavy (non-hydrogen) atoms. The highest BCUT2D eigenvalue weighted by Crippen LogP contribution is 2.23. The van der Waals surface area contributed by atoms with Crippen LogP contribution in [0.5, 0.6) is 0 Å². The van der Waals surface area contributed by atoms with Gasteiger partial charge in [0.25, 0.3) is 10.0 Å². The van der Waals surface area contributed by atoms with Crippen molar-refractivity contribution in [1.82, 2.24) is 9.71 Å². The predicted octanol–water partition coefficient (Wildman–Crippen LogP) is 0.776. The third-order valence-electron chi connectivity index (χ3n) is 2.03. The topological polar surface area (TPSA) is 85.1 Å². The monoisotopic (exact) mass is 263 g/mol. The molecule has 3 N–H and O–H groups in total. The lowest BCUT2D eigenvalue weighted by Gasteiger charge is -2.23. The Morgan fingerprint density at radius 1 is 1.44 bits per heavy atom. The molecule has 7 heteroatoms. The average Bonchev–Trinajstić information content (AvgIpc) is 2.44. The van der Waals surface area contributed by atoms with Gasteiger partial charge in [0, 0.05) is 12.1 Å². The minimum Gasteiger partial charge on any atom is -0.329 e. The van der Waals surface area contributed by atoms with E-state index in [-0.39, 0.29) is 10.8 Å². The van der Waals surface area contributed by atoms with Crippen molar-refractivity contribution in [2.75, 3.05) is 6.54 Å². The normalized spacial score (nSPS) is 13.1. The molecular formula is C9H17N3O2S2. The molecule has 1 aromatic rings. The number of hydrogen-bond acceptors (Lipinski definition) is 5. The van der Waals surface area contributed by atoms with E-state index in [1.54, 1.807) is 27.7 Å². The first kappa shape index (κ1) is 13.6. The fraction of sp³-hybridized carbons (Fsp3) is 0.667. The Hall–Kier alpha value is -0.500. The van der Waals surface area contributed by atoms with Gasteiger partial charge >= 0.3 is 0 Å². The van der Waals surface area contributed by atoms with E-state index in [0.29, 0.717) is 5.69 Å². The van der Waals surface area contributed by atoms with Gasteiger partial charge in [-0.1, -0.05) is 0 Å². The van der Waals surface area contributed by atoms with Crippen LogP contribution >= 0.6 is 11.3 Å². The number of hydrogen-bond donors (Lipinski definition) is 2. The van der Waals surface area contributed by atoms with Crippen LogP contribution in [0.4, 0.5) is 0 Å². The maximum absolute atomic E-state index is 12.0. The molecule has 0 aliphatic rings. The molecule has 0 radical (unpaired) electrons. The molecular weight excluding hydrogens is 246 g/mol. The number of nitrogens with one attached hydrogen (secondary N) is 1. The lowest BCUT2D eigenvalue weighted by Crippen LogP contribution is -2.48. The summed E-state index contributed by atoms with van der Waals surface area (Å²) >= 11 is 1.17. The average molecular weight is 263 g/mol. The van der Waals surface area contributed by atoms with E-state index in [1.807, 2.05) is 0 Å². The van der Waals surface area contributed by atoms with Crippen molar-refractivity contribution in [1.29, 1.82) is 0 Å². The van der Waals surface area contributed by atoms with E-state index in [0.717, 1.165) is 5.01 Å². The van der Waals surface area contributed by atoms with Gasteiger partial charge < -0.3 is 5.73 Å². The molecule has 0 aromatic carbocycles. The molecule has 92 valence electrons. The van der Waals surface area contributed by atoms with Crippen molar-refractivity contribution in [2.24, 2.45) is 5.73 Å². The van der Waals surface area contributed by atoms with Gasteiger partial charge in [-0.3, -0.25) is 0 Å². The van der Waals surface area contributed by atoms with Crippen molar-refractivity contribution in [3.63, 3.8) is 0 Å². The van der Waals surface area contributed by atoms with Gasteiger partial charge in [0.1, 0.15) is 0 Å². The van der Waals surface area contributed by atoms with E-state index < -0.39 is 15.6 Å². The molecule has 1 heterocycles. The van der Waals surface area contributed by atoms with Crippen LogP contribution < -0.4 is 10.5 Å². The first-order valence-electron chi connectivity index (χ1n) is 4.86. The van der Waals surface area contributed by atoms with E-state index in [9.17, 15) is 8.42 Å². The van der Waals surface area contributed by atoms with Crippen molar-refractivity contribution in [3.05, 3.63) is 10.7 Å². The fourth-order valence-electron chi connectivity index (χ4n) is 1.21. The number of aromatic nitrogens is 1. The molecule has 0 aliphatic carbocycles. The molecule has 0 unspecified atom stereocenters. The summed E-state index contributed by atoms with van der Waals surface area (Å²) in [6, 6.07) is 0. The van der Waals surface area contributed by atoms with Crippen LogP contribution in [0.15, 0.2) is 4.21 Å². The summed E-state index contributed by atoms with van der Waals surface area (Å²) in [5.74, 6) is 0. The third kappa shape index (κ3) is 3.00. The lowest BCUT2D eigenvalue weighted by molar-refractivity contribution is 0.463. The van der Waals surface area contributed by atoms with Gasteiger partial charge in [-0.05, 0) is 27.7 Å². The zero-order chi connectivity index (χ0) is 12.6. The minimum atomic E-state index is -3.51. The molecule has 5 nitrogen and oxygen atoms in total. The second-order valence-electron chi connectivity index (χ2n) is 4.30. The van der Waals surface area contributed by atoms with Gasteiger partial charge in [0.15, 0.2) is 4.21 Å². The molecule has 1 rings (SSSR count). The molecule has 0 aliphatic heterocycles. The predicted molar refractivity (Wildman–Crippen MR) is 65.0 cm³/mol. The van der Waals surface area contributed by atoms with Crippen LogP contribution in [0.1, 0.15) is 24.5 Å². The summed E-state index contributed by atoms with van der Waals surface area (Å²) in [5, 5.41) is 0.739. The van der Waals surface area contributed by atoms with Crippen molar-refractivity contribution in [2.45, 2.75) is 37.4 Å². The molecule has 0 amide bonds. The first-order valence-corrected chi connectivity index (χ1v) is 7.16. The SMILES string of the molecule is Cc1nc(C)c(S(=O)(=O)NC(C)(C)CN)s1. The number of nitrogens with zero attached hydrogens (tertiary/aromatic N) is 1. The largest absolute Gasteiger partial charge is 0.329 e. The van der Waals surface area contributed by atoms with Crippen LogP contribution in [0.3, 0.4) is 0 Å². The molecule has 0 saturated carbocycles. The minimum absolute atomic E-state index is 0.239. The first-order chi connectivity index (χ1) is 7.18. The number of aryl methyl sites for hydroxylation is 2. The van der Waals surface area contributed by atoms with Gasteiger partial charge in [-0.15, -0.1) is 11.3 Å². The Bertz CT molecular complexity index is 477. The van der Waals surface area contributed by atoms with Crippen LogP contribution in [-0.4, -0.2) is 25.5 Å². The molecule has 0 atom stereocenters. The number of nitrogens with two attached hydrogens (primary N) is 1. The molecule has 0 fully saturated rings. The maximum atomic E-state index is 12.0. The Morgan fingerprint density at radius 3 is 2.38 bits per heavy atom. The highest BCUT2D eigenvalue weighted by molar-refractivity contribution is 7.91. The Labute approximate surface area is 100 Å². The quantitative estimate of drug-likeness (QED) is 0.840. The lowest BCUT2D eigenvalue weighted by atomic mass is 10.1. The summed E-state index contributed by atoms with van der Waals surface area (Å²) in [7, 11) is -3.51. The van der Waals surface area contributed by atoms with Crippen LogP contribution in [0.25, 0.3) is 0 Å². The molecule has 0 saturated heterocycles. The molecule has 0 spiro atoms. The highest BCUT2D eigenvalue weighted by atomic mass is 32.2. The second-order valence-corrected chi connectivity index (χ2v) is 7.38. The van der Waals surface area contributed by atoms with Crippen LogP contribution in [0, 0.1) is 13.8 Å². The zero-order valence-electron chi connectivity index (χ0n) is 9.86. The van der Waals surface area contributed by atoms with Crippen molar-refractivity contribution >= 4 is 21.4 Å². The van der Waals surface area contributed by atoms with E-state index in [4.69, 9.17) is 5.73 Å².